The minimum atomic E-state index is 0.837. The predicted octanol–water partition coefficient (Wildman–Crippen LogP) is -0.783. The molecule has 0 bridgehead atoms. The van der Waals surface area contributed by atoms with Crippen molar-refractivity contribution in [1.82, 2.24) is 25.4 Å². The molecule has 6 heteroatoms. The lowest BCUT2D eigenvalue weighted by Crippen LogP contribution is -2.41. The third kappa shape index (κ3) is 2.45. The normalized spacial score (nSPS) is 15.9. The van der Waals surface area contributed by atoms with E-state index < -0.39 is 0 Å². The monoisotopic (exact) mass is 194 g/mol. The van der Waals surface area contributed by atoms with E-state index in [0.717, 1.165) is 38.6 Å². The van der Waals surface area contributed by atoms with Crippen molar-refractivity contribution in [2.75, 3.05) is 19.6 Å². The van der Waals surface area contributed by atoms with Crippen LogP contribution in [-0.2, 0) is 6.54 Å². The Bertz CT molecular complexity index is 291. The second-order valence-corrected chi connectivity index (χ2v) is 3.14. The summed E-state index contributed by atoms with van der Waals surface area (Å²) in [5.41, 5.74) is 0. The lowest BCUT2D eigenvalue weighted by Gasteiger charge is -2.15. The molecule has 0 radical (unpaired) electrons. The van der Waals surface area contributed by atoms with Gasteiger partial charge in [0.1, 0.15) is 12.7 Å². The van der Waals surface area contributed by atoms with Gasteiger partial charge in [-0.1, -0.05) is 0 Å². The zero-order valence-electron chi connectivity index (χ0n) is 7.98. The summed E-state index contributed by atoms with van der Waals surface area (Å²) in [7, 11) is 0. The van der Waals surface area contributed by atoms with Crippen LogP contribution in [0.3, 0.4) is 0 Å². The van der Waals surface area contributed by atoms with E-state index in [9.17, 15) is 0 Å². The van der Waals surface area contributed by atoms with Crippen LogP contribution >= 0.6 is 0 Å². The maximum Gasteiger partial charge on any atom is 0.191 e. The van der Waals surface area contributed by atoms with Crippen molar-refractivity contribution in [1.29, 1.82) is 0 Å². The number of hydrogen-bond donors (Lipinski definition) is 2. The van der Waals surface area contributed by atoms with Gasteiger partial charge < -0.3 is 15.2 Å². The Kier molecular flexibility index (Phi) is 2.95. The van der Waals surface area contributed by atoms with Crippen LogP contribution < -0.4 is 10.6 Å². The number of guanidine groups is 1. The first-order valence-corrected chi connectivity index (χ1v) is 4.80. The fraction of sp³-hybridized carbons (Fsp3) is 0.625. The molecular weight excluding hydrogens is 180 g/mol. The van der Waals surface area contributed by atoms with E-state index in [1.165, 1.54) is 0 Å². The van der Waals surface area contributed by atoms with Gasteiger partial charge in [-0.25, -0.2) is 0 Å². The zero-order chi connectivity index (χ0) is 9.64. The van der Waals surface area contributed by atoms with E-state index in [0.29, 0.717) is 0 Å². The van der Waals surface area contributed by atoms with E-state index in [2.05, 4.69) is 25.8 Å². The van der Waals surface area contributed by atoms with Gasteiger partial charge in [0.05, 0.1) is 0 Å². The molecule has 76 valence electrons. The number of aromatic nitrogens is 3. The number of hydrogen-bond acceptors (Lipinski definition) is 5. The fourth-order valence-corrected chi connectivity index (χ4v) is 1.29. The number of nitrogens with one attached hydrogen (secondary N) is 2. The molecule has 0 saturated heterocycles. The number of aliphatic imine (C=N–C) groups is 1. The first-order valence-electron chi connectivity index (χ1n) is 4.80. The molecule has 1 aromatic heterocycles. The lowest BCUT2D eigenvalue weighted by molar-refractivity contribution is 0.643. The van der Waals surface area contributed by atoms with Crippen molar-refractivity contribution >= 4 is 5.96 Å². The smallest absolute Gasteiger partial charge is 0.191 e. The van der Waals surface area contributed by atoms with Crippen LogP contribution in [0.4, 0.5) is 0 Å². The Balaban J connectivity index is 1.70. The van der Waals surface area contributed by atoms with Gasteiger partial charge in [-0.3, -0.25) is 4.99 Å². The zero-order valence-corrected chi connectivity index (χ0v) is 7.98. The minimum absolute atomic E-state index is 0.837. The molecule has 0 aliphatic carbocycles. The lowest BCUT2D eigenvalue weighted by atomic mass is 10.4. The average Bonchev–Trinajstić information content (AvgIpc) is 2.72. The van der Waals surface area contributed by atoms with Crippen LogP contribution in [0.25, 0.3) is 0 Å². The maximum absolute atomic E-state index is 4.30. The average molecular weight is 194 g/mol. The first kappa shape index (κ1) is 8.98. The summed E-state index contributed by atoms with van der Waals surface area (Å²) in [6.45, 7) is 3.62. The van der Waals surface area contributed by atoms with Crippen LogP contribution in [0.5, 0.6) is 0 Å². The summed E-state index contributed by atoms with van der Waals surface area (Å²) in [4.78, 5) is 4.30. The van der Waals surface area contributed by atoms with Gasteiger partial charge in [-0.2, -0.15) is 0 Å². The van der Waals surface area contributed by atoms with Gasteiger partial charge in [-0.15, -0.1) is 10.2 Å². The molecule has 0 unspecified atom stereocenters. The van der Waals surface area contributed by atoms with Crippen molar-refractivity contribution < 1.29 is 0 Å². The predicted molar refractivity (Wildman–Crippen MR) is 52.9 cm³/mol. The van der Waals surface area contributed by atoms with Crippen molar-refractivity contribution in [3.63, 3.8) is 0 Å². The summed E-state index contributed by atoms with van der Waals surface area (Å²) in [6, 6.07) is 0. The molecule has 2 N–H and O–H groups in total. The summed E-state index contributed by atoms with van der Waals surface area (Å²) < 4.78 is 1.93. The molecule has 0 saturated carbocycles. The topological polar surface area (TPSA) is 67.1 Å². The van der Waals surface area contributed by atoms with Crippen LogP contribution in [0.1, 0.15) is 6.42 Å². The highest BCUT2D eigenvalue weighted by Gasteiger charge is 2.01. The Morgan fingerprint density at radius 3 is 3.00 bits per heavy atom. The van der Waals surface area contributed by atoms with Crippen LogP contribution in [0.2, 0.25) is 0 Å². The highest BCUT2D eigenvalue weighted by molar-refractivity contribution is 5.80. The van der Waals surface area contributed by atoms with E-state index in [-0.39, 0.29) is 0 Å². The molecule has 14 heavy (non-hydrogen) atoms. The largest absolute Gasteiger partial charge is 0.356 e. The van der Waals surface area contributed by atoms with Crippen molar-refractivity contribution in [3.8, 4) is 0 Å². The first-order chi connectivity index (χ1) is 6.95. The van der Waals surface area contributed by atoms with Crippen molar-refractivity contribution in [2.45, 2.75) is 13.0 Å². The Morgan fingerprint density at radius 1 is 1.43 bits per heavy atom. The van der Waals surface area contributed by atoms with Crippen LogP contribution in [-0.4, -0.2) is 40.4 Å². The number of rotatable bonds is 3. The molecule has 2 heterocycles. The second kappa shape index (κ2) is 4.59. The summed E-state index contributed by atoms with van der Waals surface area (Å²) in [5, 5.41) is 13.9. The Hall–Kier alpha value is -1.59. The molecule has 0 fully saturated rings. The van der Waals surface area contributed by atoms with Crippen molar-refractivity contribution in [2.24, 2.45) is 4.99 Å². The molecule has 6 nitrogen and oxygen atoms in total. The van der Waals surface area contributed by atoms with Gasteiger partial charge in [-0.05, 0) is 6.42 Å². The fourth-order valence-electron chi connectivity index (χ4n) is 1.29. The van der Waals surface area contributed by atoms with Gasteiger partial charge in [0, 0.05) is 26.2 Å². The van der Waals surface area contributed by atoms with Crippen LogP contribution in [0.15, 0.2) is 17.6 Å². The summed E-state index contributed by atoms with van der Waals surface area (Å²) in [5.74, 6) is 0.907. The minimum Gasteiger partial charge on any atom is -0.356 e. The molecule has 1 aliphatic heterocycles. The summed E-state index contributed by atoms with van der Waals surface area (Å²) in [6.07, 6.45) is 4.53. The second-order valence-electron chi connectivity index (χ2n) is 3.14. The third-order valence-electron chi connectivity index (χ3n) is 2.03. The molecule has 0 spiro atoms. The summed E-state index contributed by atoms with van der Waals surface area (Å²) >= 11 is 0. The van der Waals surface area contributed by atoms with E-state index in [1.807, 2.05) is 4.57 Å². The third-order valence-corrected chi connectivity index (χ3v) is 2.03. The number of nitrogens with zero attached hydrogens (tertiary/aromatic N) is 4. The van der Waals surface area contributed by atoms with E-state index in [1.54, 1.807) is 12.7 Å². The van der Waals surface area contributed by atoms with E-state index >= 15 is 0 Å². The Labute approximate surface area is 82.4 Å². The van der Waals surface area contributed by atoms with Gasteiger partial charge in [0.25, 0.3) is 0 Å². The molecular formula is C8H14N6. The molecule has 0 atom stereocenters. The van der Waals surface area contributed by atoms with Gasteiger partial charge >= 0.3 is 0 Å². The quantitative estimate of drug-likeness (QED) is 0.662. The molecule has 2 rings (SSSR count). The highest BCUT2D eigenvalue weighted by atomic mass is 15.2. The SMILES string of the molecule is c1nncn1CCNC1=NCCCN1. The standard InChI is InChI=1S/C8H14N6/c1-2-9-8(10-3-1)11-4-5-14-6-12-13-7-14/h6-7H,1-5H2,(H2,9,10,11). The Morgan fingerprint density at radius 2 is 2.29 bits per heavy atom. The molecule has 0 aromatic carbocycles. The van der Waals surface area contributed by atoms with Crippen LogP contribution in [0, 0.1) is 0 Å². The molecule has 1 aliphatic rings. The highest BCUT2D eigenvalue weighted by Crippen LogP contribution is 1.87. The maximum atomic E-state index is 4.30. The van der Waals surface area contributed by atoms with Gasteiger partial charge in [0.15, 0.2) is 5.96 Å². The van der Waals surface area contributed by atoms with E-state index in [4.69, 9.17) is 0 Å². The molecule has 0 amide bonds. The molecule has 1 aromatic rings. The van der Waals surface area contributed by atoms with Gasteiger partial charge in [0.2, 0.25) is 0 Å². The van der Waals surface area contributed by atoms with Crippen molar-refractivity contribution in [3.05, 3.63) is 12.7 Å².